The number of fused-ring (bicyclic) bond motifs is 2. The van der Waals surface area contributed by atoms with E-state index in [1.807, 2.05) is 0 Å². The van der Waals surface area contributed by atoms with Crippen LogP contribution in [0, 0.1) is 0 Å². The van der Waals surface area contributed by atoms with E-state index in [0.29, 0.717) is 17.4 Å². The third kappa shape index (κ3) is 5.06. The van der Waals surface area contributed by atoms with Gasteiger partial charge in [-0.3, -0.25) is 9.59 Å². The summed E-state index contributed by atoms with van der Waals surface area (Å²) in [5.74, 6) is -1.27. The first kappa shape index (κ1) is 31.3. The maximum absolute atomic E-state index is 13.8. The molecule has 0 spiro atoms. The molecule has 4 heterocycles. The molecule has 1 aromatic heterocycles. The van der Waals surface area contributed by atoms with Crippen LogP contribution in [0.3, 0.4) is 0 Å². The lowest BCUT2D eigenvalue weighted by molar-refractivity contribution is -0.297. The van der Waals surface area contributed by atoms with Gasteiger partial charge < -0.3 is 20.0 Å². The van der Waals surface area contributed by atoms with Gasteiger partial charge in [-0.15, -0.1) is 11.3 Å². The lowest BCUT2D eigenvalue weighted by Crippen LogP contribution is -2.51. The number of piperidine rings is 1. The van der Waals surface area contributed by atoms with Crippen molar-refractivity contribution in [3.05, 3.63) is 38.4 Å². The van der Waals surface area contributed by atoms with Gasteiger partial charge in [0, 0.05) is 37.2 Å². The summed E-state index contributed by atoms with van der Waals surface area (Å²) in [7, 11) is 0. The van der Waals surface area contributed by atoms with Crippen molar-refractivity contribution in [1.82, 2.24) is 14.8 Å². The van der Waals surface area contributed by atoms with Crippen molar-refractivity contribution in [3.8, 4) is 10.4 Å². The highest BCUT2D eigenvalue weighted by molar-refractivity contribution is 7.17. The van der Waals surface area contributed by atoms with E-state index in [9.17, 15) is 46.1 Å². The number of aliphatic hydroxyl groups excluding tert-OH is 2. The molecule has 0 radical (unpaired) electrons. The van der Waals surface area contributed by atoms with E-state index >= 15 is 0 Å². The van der Waals surface area contributed by atoms with Crippen molar-refractivity contribution in [2.24, 2.45) is 0 Å². The minimum Gasteiger partial charge on any atom is -0.391 e. The summed E-state index contributed by atoms with van der Waals surface area (Å²) in [6.07, 6.45) is -10.4. The van der Waals surface area contributed by atoms with Crippen LogP contribution in [0.1, 0.15) is 64.9 Å². The number of amides is 2. The number of likely N-dealkylation sites (tertiary alicyclic amines) is 1. The monoisotopic (exact) mass is 659 g/mol. The first-order valence-corrected chi connectivity index (χ1v) is 14.6. The molecule has 2 amide bonds. The van der Waals surface area contributed by atoms with E-state index in [0.717, 1.165) is 36.6 Å². The number of rotatable bonds is 4. The highest BCUT2D eigenvalue weighted by atomic mass is 35.5. The first-order chi connectivity index (χ1) is 19.5. The molecule has 0 saturated carbocycles. The molecule has 7 nitrogen and oxygen atoms in total. The van der Waals surface area contributed by atoms with Crippen LogP contribution in [0.5, 0.6) is 0 Å². The van der Waals surface area contributed by atoms with E-state index < -0.39 is 57.4 Å². The number of nitrogens with zero attached hydrogens (tertiary/aromatic N) is 3. The second-order valence-corrected chi connectivity index (χ2v) is 12.8. The van der Waals surface area contributed by atoms with Crippen molar-refractivity contribution in [2.75, 3.05) is 13.1 Å². The van der Waals surface area contributed by atoms with Gasteiger partial charge in [-0.25, -0.2) is 4.98 Å². The predicted octanol–water partition coefficient (Wildman–Crippen LogP) is 5.83. The SMILES string of the molecule is CC(c1ccc(-c2sc(C(=O)N3C[C@H](O)C[C@H](O)C3)nc2C(=O)N2C3CCC2CC3)c(Cl)c1Cl)(C(F)(F)F)C(F)(F)F. The van der Waals surface area contributed by atoms with Crippen molar-refractivity contribution in [1.29, 1.82) is 0 Å². The van der Waals surface area contributed by atoms with Crippen molar-refractivity contribution in [2.45, 2.75) is 81.1 Å². The van der Waals surface area contributed by atoms with Crippen molar-refractivity contribution in [3.63, 3.8) is 0 Å². The quantitative estimate of drug-likeness (QED) is 0.403. The van der Waals surface area contributed by atoms with Crippen LogP contribution in [-0.4, -0.2) is 86.5 Å². The summed E-state index contributed by atoms with van der Waals surface area (Å²) in [5.41, 5.74) is -6.07. The molecule has 3 aliphatic heterocycles. The minimum atomic E-state index is -5.77. The maximum atomic E-state index is 13.8. The van der Waals surface area contributed by atoms with Gasteiger partial charge in [0.1, 0.15) is 5.69 Å². The fraction of sp³-hybridized carbons (Fsp3) is 0.577. The van der Waals surface area contributed by atoms with Gasteiger partial charge in [-0.2, -0.15) is 26.3 Å². The molecular weight excluding hydrogens is 635 g/mol. The highest BCUT2D eigenvalue weighted by Crippen LogP contribution is 2.55. The highest BCUT2D eigenvalue weighted by Gasteiger charge is 2.69. The molecule has 0 unspecified atom stereocenters. The van der Waals surface area contributed by atoms with Gasteiger partial charge in [-0.1, -0.05) is 35.3 Å². The fourth-order valence-corrected chi connectivity index (χ4v) is 7.76. The minimum absolute atomic E-state index is 0.0345. The summed E-state index contributed by atoms with van der Waals surface area (Å²) in [4.78, 5) is 34.2. The number of β-amino-alcohol motifs (C(OH)–C–C–N with tert-alkyl or cyclic N) is 2. The Hall–Kier alpha value is -2.13. The number of thiazole rings is 1. The average molecular weight is 660 g/mol. The van der Waals surface area contributed by atoms with E-state index in [1.54, 1.807) is 4.90 Å². The molecule has 2 atom stereocenters. The van der Waals surface area contributed by atoms with Crippen LogP contribution in [0.15, 0.2) is 12.1 Å². The Morgan fingerprint density at radius 3 is 1.93 bits per heavy atom. The molecule has 42 heavy (non-hydrogen) atoms. The molecule has 16 heteroatoms. The number of halogens is 8. The summed E-state index contributed by atoms with van der Waals surface area (Å²) >= 11 is 13.1. The number of benzene rings is 1. The predicted molar refractivity (Wildman–Crippen MR) is 142 cm³/mol. The third-order valence-electron chi connectivity index (χ3n) is 8.39. The molecule has 230 valence electrons. The Kier molecular flexibility index (Phi) is 8.04. The molecule has 3 saturated heterocycles. The smallest absolute Gasteiger partial charge is 0.391 e. The van der Waals surface area contributed by atoms with Crippen LogP contribution in [-0.2, 0) is 5.41 Å². The van der Waals surface area contributed by atoms with Crippen LogP contribution in [0.4, 0.5) is 26.3 Å². The van der Waals surface area contributed by atoms with Gasteiger partial charge in [0.2, 0.25) is 0 Å². The molecule has 3 fully saturated rings. The molecule has 2 bridgehead atoms. The number of aliphatic hydroxyl groups is 2. The zero-order valence-electron chi connectivity index (χ0n) is 21.9. The van der Waals surface area contributed by atoms with E-state index in [1.165, 1.54) is 0 Å². The molecule has 3 aliphatic rings. The van der Waals surface area contributed by atoms with Crippen LogP contribution >= 0.6 is 34.5 Å². The van der Waals surface area contributed by atoms with Crippen molar-refractivity contribution < 1.29 is 46.1 Å². The molecule has 0 aliphatic carbocycles. The zero-order chi connectivity index (χ0) is 30.9. The summed E-state index contributed by atoms with van der Waals surface area (Å²) in [6.45, 7) is -0.258. The number of hydrogen-bond acceptors (Lipinski definition) is 6. The molecule has 5 rings (SSSR count). The third-order valence-corrected chi connectivity index (χ3v) is 10.4. The van der Waals surface area contributed by atoms with E-state index in [2.05, 4.69) is 4.98 Å². The topological polar surface area (TPSA) is 94.0 Å². The Bertz CT molecular complexity index is 1370. The number of hydrogen-bond donors (Lipinski definition) is 2. The fourth-order valence-electron chi connectivity index (χ4n) is 6.03. The van der Waals surface area contributed by atoms with Crippen LogP contribution in [0.2, 0.25) is 10.0 Å². The second-order valence-electron chi connectivity index (χ2n) is 11.0. The van der Waals surface area contributed by atoms with Gasteiger partial charge in [-0.05, 0) is 38.2 Å². The first-order valence-electron chi connectivity index (χ1n) is 13.1. The number of aromatic nitrogens is 1. The molecule has 2 N–H and O–H groups in total. The second kappa shape index (κ2) is 10.8. The Labute approximate surface area is 250 Å². The molecule has 2 aromatic rings. The lowest BCUT2D eigenvalue weighted by atomic mass is 9.80. The summed E-state index contributed by atoms with van der Waals surface area (Å²) < 4.78 is 82.9. The lowest BCUT2D eigenvalue weighted by Gasteiger charge is -2.35. The van der Waals surface area contributed by atoms with Gasteiger partial charge in [0.05, 0.1) is 27.1 Å². The number of alkyl halides is 6. The van der Waals surface area contributed by atoms with Gasteiger partial charge in [0.25, 0.3) is 11.8 Å². The van der Waals surface area contributed by atoms with Gasteiger partial charge in [0.15, 0.2) is 10.4 Å². The zero-order valence-corrected chi connectivity index (χ0v) is 24.2. The Morgan fingerprint density at radius 1 is 0.905 bits per heavy atom. The molecular formula is C26H25Cl2F6N3O4S. The van der Waals surface area contributed by atoms with Crippen LogP contribution < -0.4 is 0 Å². The Balaban J connectivity index is 1.63. The standard InChI is InChI=1S/C26H25Cl2F6N3O4S/c1-24(25(29,30)31,26(32,33)34)16-7-6-15(17(27)18(16)28)20-19(22(40)37-11-2-3-12(37)5-4-11)35-21(42-20)23(41)36-9-13(38)8-14(39)10-36/h6-7,11-14,38-39H,2-5,8-10H2,1H3/t11?,12?,13-,14+. The number of carbonyl (C=O) groups excluding carboxylic acids is 2. The summed E-state index contributed by atoms with van der Waals surface area (Å²) in [5, 5.41) is 18.2. The Morgan fingerprint density at radius 2 is 1.43 bits per heavy atom. The van der Waals surface area contributed by atoms with E-state index in [-0.39, 0.29) is 59.7 Å². The average Bonchev–Trinajstić information content (AvgIpc) is 3.62. The van der Waals surface area contributed by atoms with Crippen molar-refractivity contribution >= 4 is 46.4 Å². The normalized spacial score (nSPS) is 24.9. The molecule has 1 aromatic carbocycles. The maximum Gasteiger partial charge on any atom is 0.406 e. The van der Waals surface area contributed by atoms with E-state index in [4.69, 9.17) is 23.2 Å². The summed E-state index contributed by atoms with van der Waals surface area (Å²) in [6, 6.07) is 1.34. The largest absolute Gasteiger partial charge is 0.406 e. The van der Waals surface area contributed by atoms with Gasteiger partial charge >= 0.3 is 12.4 Å². The van der Waals surface area contributed by atoms with Crippen LogP contribution in [0.25, 0.3) is 10.4 Å². The number of carbonyl (C=O) groups is 2.